The molecule has 0 aromatic heterocycles. The Bertz CT molecular complexity index is 1880. The maximum atomic E-state index is 14.8. The molecule has 1 saturated heterocycles. The second-order valence-corrected chi connectivity index (χ2v) is 10.9. The minimum atomic E-state index is -1.53. The zero-order valence-electron chi connectivity index (χ0n) is 23.0. The van der Waals surface area contributed by atoms with Gasteiger partial charge in [0.05, 0.1) is 24.0 Å². The molecule has 4 aromatic rings. The number of amides is 1. The molecule has 0 bridgehead atoms. The number of hydrogen-bond acceptors (Lipinski definition) is 7. The minimum absolute atomic E-state index is 0.0521. The van der Waals surface area contributed by atoms with Crippen LogP contribution in [0.2, 0.25) is 0 Å². The molecule has 4 atom stereocenters. The summed E-state index contributed by atoms with van der Waals surface area (Å²) in [5.41, 5.74) is 1.42. The minimum Gasteiger partial charge on any atom is -0.497 e. The van der Waals surface area contributed by atoms with Crippen molar-refractivity contribution in [2.45, 2.75) is 17.5 Å². The Labute approximate surface area is 246 Å². The standard InChI is InChI=1S/C34H25N3O6/c1-43-24-12-7-10-22(19-24)31(39)29-28(30(38)21-9-6-11-23(18-21)37(41)42)34(26-14-4-5-15-27(26)35-33(34)40)32-25-13-3-2-8-20(25)16-17-36(29)32/h2-19,28-29,32H,1H3,(H,35,40)/t28-,29+,32+,34+/m1/s1. The number of methoxy groups -OCH3 is 1. The number of rotatable bonds is 6. The largest absolute Gasteiger partial charge is 0.497 e. The van der Waals surface area contributed by atoms with Crippen molar-refractivity contribution in [2.75, 3.05) is 12.4 Å². The Morgan fingerprint density at radius 2 is 1.63 bits per heavy atom. The molecule has 3 aliphatic heterocycles. The second-order valence-electron chi connectivity index (χ2n) is 10.9. The lowest BCUT2D eigenvalue weighted by molar-refractivity contribution is -0.384. The number of benzene rings is 4. The monoisotopic (exact) mass is 571 g/mol. The molecular formula is C34H25N3O6. The van der Waals surface area contributed by atoms with E-state index in [1.165, 1.54) is 31.4 Å². The van der Waals surface area contributed by atoms with Crippen molar-refractivity contribution in [3.05, 3.63) is 141 Å². The predicted molar refractivity (Wildman–Crippen MR) is 159 cm³/mol. The number of nitro benzene ring substituents is 1. The van der Waals surface area contributed by atoms with Crippen molar-refractivity contribution < 1.29 is 24.0 Å². The molecule has 0 unspecified atom stereocenters. The van der Waals surface area contributed by atoms with Crippen LogP contribution in [0.15, 0.2) is 103 Å². The normalized spacial score (nSPS) is 22.9. The highest BCUT2D eigenvalue weighted by Gasteiger charge is 2.70. The van der Waals surface area contributed by atoms with Crippen LogP contribution in [-0.4, -0.2) is 40.4 Å². The number of nitro groups is 1. The molecule has 1 fully saturated rings. The number of para-hydroxylation sites is 1. The van der Waals surface area contributed by atoms with Crippen molar-refractivity contribution in [2.24, 2.45) is 5.92 Å². The number of anilines is 1. The average Bonchev–Trinajstić information content (AvgIpc) is 3.52. The van der Waals surface area contributed by atoms with Crippen LogP contribution in [0.4, 0.5) is 11.4 Å². The van der Waals surface area contributed by atoms with E-state index in [4.69, 9.17) is 4.74 Å². The molecule has 9 nitrogen and oxygen atoms in total. The van der Waals surface area contributed by atoms with Crippen molar-refractivity contribution >= 4 is 34.9 Å². The predicted octanol–water partition coefficient (Wildman–Crippen LogP) is 5.59. The third kappa shape index (κ3) is 3.74. The average molecular weight is 572 g/mol. The number of nitrogens with zero attached hydrogens (tertiary/aromatic N) is 2. The summed E-state index contributed by atoms with van der Waals surface area (Å²) >= 11 is 0. The lowest BCUT2D eigenvalue weighted by Gasteiger charge is -2.38. The number of Topliss-reactive ketones (excluding diaryl/α,β-unsaturated/α-hetero) is 2. The van der Waals surface area contributed by atoms with Crippen LogP contribution in [-0.2, 0) is 10.2 Å². The lowest BCUT2D eigenvalue weighted by atomic mass is 9.62. The topological polar surface area (TPSA) is 119 Å². The third-order valence-electron chi connectivity index (χ3n) is 8.82. The quantitative estimate of drug-likeness (QED) is 0.182. The molecule has 7 rings (SSSR count). The van der Waals surface area contributed by atoms with Crippen LogP contribution in [0.1, 0.15) is 43.4 Å². The summed E-state index contributed by atoms with van der Waals surface area (Å²) in [7, 11) is 1.50. The Kier molecular flexibility index (Phi) is 5.98. The van der Waals surface area contributed by atoms with Gasteiger partial charge in [-0.05, 0) is 41.0 Å². The summed E-state index contributed by atoms with van der Waals surface area (Å²) in [6.07, 6.45) is 3.66. The molecule has 43 heavy (non-hydrogen) atoms. The lowest BCUT2D eigenvalue weighted by Crippen LogP contribution is -2.49. The Hall–Kier alpha value is -5.57. The summed E-state index contributed by atoms with van der Waals surface area (Å²) in [6.45, 7) is 0. The van der Waals surface area contributed by atoms with Gasteiger partial charge in [-0.25, -0.2) is 0 Å². The molecule has 1 amide bonds. The van der Waals surface area contributed by atoms with Gasteiger partial charge in [0.15, 0.2) is 11.6 Å². The number of fused-ring (bicyclic) bond motifs is 6. The first-order chi connectivity index (χ1) is 20.9. The number of carbonyl (C=O) groups is 3. The Balaban J connectivity index is 1.53. The van der Waals surface area contributed by atoms with Crippen LogP contribution in [0.5, 0.6) is 5.75 Å². The molecule has 1 spiro atoms. The number of ketones is 2. The molecule has 3 aliphatic rings. The SMILES string of the molecule is COc1cccc(C(=O)[C@@H]2[C@H](C(=O)c3cccc([N+](=O)[O-])c3)[C@]3(C(=O)Nc4ccccc43)[C@@H]3c4ccccc4C=CN23)c1. The number of hydrogen-bond donors (Lipinski definition) is 1. The van der Waals surface area contributed by atoms with E-state index in [0.29, 0.717) is 22.6 Å². The van der Waals surface area contributed by atoms with E-state index in [0.717, 1.165) is 11.1 Å². The first-order valence-corrected chi connectivity index (χ1v) is 13.8. The van der Waals surface area contributed by atoms with Gasteiger partial charge >= 0.3 is 0 Å². The molecular weight excluding hydrogens is 546 g/mol. The number of ether oxygens (including phenoxy) is 1. The summed E-state index contributed by atoms with van der Waals surface area (Å²) in [5.74, 6) is -2.07. The van der Waals surface area contributed by atoms with Crippen molar-refractivity contribution in [3.8, 4) is 5.75 Å². The van der Waals surface area contributed by atoms with Crippen molar-refractivity contribution in [3.63, 3.8) is 0 Å². The zero-order chi connectivity index (χ0) is 29.9. The first-order valence-electron chi connectivity index (χ1n) is 13.8. The van der Waals surface area contributed by atoms with Gasteiger partial charge in [0.2, 0.25) is 5.91 Å². The number of nitrogens with one attached hydrogen (secondary N) is 1. The van der Waals surface area contributed by atoms with E-state index in [9.17, 15) is 24.5 Å². The fourth-order valence-electron chi connectivity index (χ4n) is 7.07. The number of non-ortho nitro benzene ring substituents is 1. The van der Waals surface area contributed by atoms with Gasteiger partial charge in [0.25, 0.3) is 5.69 Å². The summed E-state index contributed by atoms with van der Waals surface area (Å²) in [4.78, 5) is 56.9. The molecule has 0 aliphatic carbocycles. The molecule has 0 saturated carbocycles. The van der Waals surface area contributed by atoms with Crippen LogP contribution >= 0.6 is 0 Å². The van der Waals surface area contributed by atoms with Gasteiger partial charge in [-0.1, -0.05) is 66.7 Å². The van der Waals surface area contributed by atoms with E-state index in [1.54, 1.807) is 42.6 Å². The van der Waals surface area contributed by atoms with Gasteiger partial charge in [0.1, 0.15) is 17.2 Å². The fraction of sp³-hybridized carbons (Fsp3) is 0.147. The van der Waals surface area contributed by atoms with E-state index in [1.807, 2.05) is 47.4 Å². The van der Waals surface area contributed by atoms with E-state index < -0.39 is 40.0 Å². The second kappa shape index (κ2) is 9.77. The van der Waals surface area contributed by atoms with Crippen LogP contribution in [0.25, 0.3) is 6.08 Å². The molecule has 0 radical (unpaired) electrons. The van der Waals surface area contributed by atoms with Gasteiger partial charge in [0, 0.05) is 35.1 Å². The highest BCUT2D eigenvalue weighted by Crippen LogP contribution is 2.62. The van der Waals surface area contributed by atoms with Gasteiger partial charge in [-0.2, -0.15) is 0 Å². The summed E-state index contributed by atoms with van der Waals surface area (Å²) in [5, 5.41) is 14.7. The summed E-state index contributed by atoms with van der Waals surface area (Å²) in [6, 6.07) is 25.1. The fourth-order valence-corrected chi connectivity index (χ4v) is 7.07. The zero-order valence-corrected chi connectivity index (χ0v) is 23.0. The first kappa shape index (κ1) is 26.3. The molecule has 4 aromatic carbocycles. The van der Waals surface area contributed by atoms with Crippen LogP contribution in [0.3, 0.4) is 0 Å². The number of carbonyl (C=O) groups excluding carboxylic acids is 3. The van der Waals surface area contributed by atoms with Crippen LogP contribution < -0.4 is 10.1 Å². The summed E-state index contributed by atoms with van der Waals surface area (Å²) < 4.78 is 5.38. The Morgan fingerprint density at radius 1 is 0.907 bits per heavy atom. The van der Waals surface area contributed by atoms with Crippen molar-refractivity contribution in [1.29, 1.82) is 0 Å². The highest BCUT2D eigenvalue weighted by atomic mass is 16.6. The molecule has 3 heterocycles. The molecule has 9 heteroatoms. The maximum Gasteiger partial charge on any atom is 0.270 e. The molecule has 212 valence electrons. The smallest absolute Gasteiger partial charge is 0.270 e. The molecule has 1 N–H and O–H groups in total. The highest BCUT2D eigenvalue weighted by molar-refractivity contribution is 6.16. The van der Waals surface area contributed by atoms with E-state index in [-0.39, 0.29) is 17.0 Å². The van der Waals surface area contributed by atoms with E-state index >= 15 is 0 Å². The van der Waals surface area contributed by atoms with Gasteiger partial charge in [-0.15, -0.1) is 0 Å². The third-order valence-corrected chi connectivity index (χ3v) is 8.82. The maximum absolute atomic E-state index is 14.8. The Morgan fingerprint density at radius 3 is 2.42 bits per heavy atom. The van der Waals surface area contributed by atoms with Gasteiger partial charge < -0.3 is 15.0 Å². The van der Waals surface area contributed by atoms with Crippen molar-refractivity contribution in [1.82, 2.24) is 4.90 Å². The van der Waals surface area contributed by atoms with Crippen LogP contribution in [0, 0.1) is 16.0 Å². The van der Waals surface area contributed by atoms with Gasteiger partial charge in [-0.3, -0.25) is 24.5 Å². The van der Waals surface area contributed by atoms with E-state index in [2.05, 4.69) is 5.32 Å².